The van der Waals surface area contributed by atoms with Crippen LogP contribution in [0.15, 0.2) is 72.9 Å². The zero-order chi connectivity index (χ0) is 42.1. The Morgan fingerprint density at radius 2 is 0.776 bits per heavy atom. The van der Waals surface area contributed by atoms with Gasteiger partial charge in [0, 0.05) is 19.4 Å². The number of esters is 2. The Morgan fingerprint density at radius 1 is 0.397 bits per heavy atom. The van der Waals surface area contributed by atoms with Crippen LogP contribution in [0.4, 0.5) is 0 Å². The van der Waals surface area contributed by atoms with E-state index in [1.165, 1.54) is 103 Å². The number of unbranched alkanes of at least 4 members (excludes halogenated alkanes) is 21. The summed E-state index contributed by atoms with van der Waals surface area (Å²) in [5.41, 5.74) is 0. The van der Waals surface area contributed by atoms with Crippen LogP contribution in [0.1, 0.15) is 226 Å². The van der Waals surface area contributed by atoms with Crippen molar-refractivity contribution in [3.63, 3.8) is 0 Å². The van der Waals surface area contributed by atoms with Gasteiger partial charge in [-0.3, -0.25) is 9.59 Å². The molecule has 5 heteroatoms. The third-order valence-corrected chi connectivity index (χ3v) is 10.2. The summed E-state index contributed by atoms with van der Waals surface area (Å²) in [5.74, 6) is -0.425. The molecule has 0 bridgehead atoms. The second-order valence-electron chi connectivity index (χ2n) is 16.0. The van der Waals surface area contributed by atoms with E-state index in [2.05, 4.69) is 93.7 Å². The number of carbonyl (C=O) groups is 2. The van der Waals surface area contributed by atoms with E-state index in [0.717, 1.165) is 89.9 Å². The zero-order valence-corrected chi connectivity index (χ0v) is 38.3. The highest BCUT2D eigenvalue weighted by Crippen LogP contribution is 2.13. The molecule has 0 aromatic heterocycles. The minimum absolute atomic E-state index is 0.0720. The fourth-order valence-electron chi connectivity index (χ4n) is 6.59. The summed E-state index contributed by atoms with van der Waals surface area (Å²) >= 11 is 0. The lowest BCUT2D eigenvalue weighted by molar-refractivity contribution is -0.163. The van der Waals surface area contributed by atoms with Crippen molar-refractivity contribution in [2.75, 3.05) is 19.8 Å². The average Bonchev–Trinajstić information content (AvgIpc) is 3.22. The fourth-order valence-corrected chi connectivity index (χ4v) is 6.59. The van der Waals surface area contributed by atoms with Gasteiger partial charge in [0.1, 0.15) is 6.61 Å². The first-order chi connectivity index (χ1) is 28.6. The molecule has 1 atom stereocenters. The molecule has 5 nitrogen and oxygen atoms in total. The normalized spacial score (nSPS) is 12.8. The number of carbonyl (C=O) groups excluding carboxylic acids is 2. The van der Waals surface area contributed by atoms with Crippen LogP contribution >= 0.6 is 0 Å². The smallest absolute Gasteiger partial charge is 0.306 e. The molecular weight excluding hydrogens is 717 g/mol. The highest BCUT2D eigenvalue weighted by molar-refractivity contribution is 5.70. The number of rotatable bonds is 44. The lowest BCUT2D eigenvalue weighted by atomic mass is 10.1. The maximum Gasteiger partial charge on any atom is 0.306 e. The van der Waals surface area contributed by atoms with E-state index in [-0.39, 0.29) is 25.2 Å². The van der Waals surface area contributed by atoms with Gasteiger partial charge in [0.05, 0.1) is 6.61 Å². The Balaban J connectivity index is 4.17. The van der Waals surface area contributed by atoms with Crippen LogP contribution in [0.3, 0.4) is 0 Å². The summed E-state index contributed by atoms with van der Waals surface area (Å²) in [4.78, 5) is 25.2. The summed E-state index contributed by atoms with van der Waals surface area (Å²) in [7, 11) is 0. The molecule has 0 N–H and O–H groups in total. The minimum Gasteiger partial charge on any atom is -0.462 e. The van der Waals surface area contributed by atoms with Crippen molar-refractivity contribution in [1.82, 2.24) is 0 Å². The maximum atomic E-state index is 12.7. The average molecular weight is 809 g/mol. The first-order valence-corrected chi connectivity index (χ1v) is 24.5. The highest BCUT2D eigenvalue weighted by Gasteiger charge is 2.17. The van der Waals surface area contributed by atoms with E-state index in [1.807, 2.05) is 0 Å². The lowest BCUT2D eigenvalue weighted by Crippen LogP contribution is -2.30. The Morgan fingerprint density at radius 3 is 1.28 bits per heavy atom. The first-order valence-electron chi connectivity index (χ1n) is 24.5. The van der Waals surface area contributed by atoms with Crippen LogP contribution in [-0.4, -0.2) is 37.9 Å². The topological polar surface area (TPSA) is 61.8 Å². The van der Waals surface area contributed by atoms with E-state index in [0.29, 0.717) is 19.4 Å². The molecule has 58 heavy (non-hydrogen) atoms. The molecule has 0 aromatic rings. The molecule has 0 rings (SSSR count). The molecule has 0 saturated carbocycles. The van der Waals surface area contributed by atoms with Crippen molar-refractivity contribution in [2.45, 2.75) is 232 Å². The van der Waals surface area contributed by atoms with E-state index >= 15 is 0 Å². The molecule has 334 valence electrons. The second-order valence-corrected chi connectivity index (χ2v) is 16.0. The molecular formula is C53H92O5. The molecule has 0 aliphatic rings. The number of hydrogen-bond acceptors (Lipinski definition) is 5. The van der Waals surface area contributed by atoms with Gasteiger partial charge in [-0.15, -0.1) is 0 Å². The van der Waals surface area contributed by atoms with Crippen LogP contribution in [0.5, 0.6) is 0 Å². The number of ether oxygens (including phenoxy) is 3. The fraction of sp³-hybridized carbons (Fsp3) is 0.736. The van der Waals surface area contributed by atoms with Gasteiger partial charge in [0.25, 0.3) is 0 Å². The van der Waals surface area contributed by atoms with E-state index in [9.17, 15) is 9.59 Å². The van der Waals surface area contributed by atoms with Crippen molar-refractivity contribution in [3.8, 4) is 0 Å². The van der Waals surface area contributed by atoms with E-state index in [4.69, 9.17) is 14.2 Å². The predicted octanol–water partition coefficient (Wildman–Crippen LogP) is 16.3. The standard InChI is InChI=1S/C53H92O5/c1-4-7-10-13-16-18-20-22-24-26-27-28-29-31-33-35-38-40-43-46-52(54)57-50-51(58-53(55)47-44-41-37-15-12-9-6-3)49-56-48-45-42-39-36-34-32-30-25-23-21-19-17-14-11-8-5-2/h7,10,16-19,22-25,27-28,51H,4-6,8-9,11-15,20-21,26,29-50H2,1-3H3/b10-7-,18-16-,19-17-,24-22-,25-23-,28-27-. The van der Waals surface area contributed by atoms with Crippen molar-refractivity contribution in [2.24, 2.45) is 0 Å². The maximum absolute atomic E-state index is 12.7. The third-order valence-electron chi connectivity index (χ3n) is 10.2. The van der Waals surface area contributed by atoms with E-state index < -0.39 is 6.10 Å². The summed E-state index contributed by atoms with van der Waals surface area (Å²) in [6.07, 6.45) is 62.0. The predicted molar refractivity (Wildman–Crippen MR) is 251 cm³/mol. The van der Waals surface area contributed by atoms with Gasteiger partial charge >= 0.3 is 11.9 Å². The molecule has 1 unspecified atom stereocenters. The molecule has 0 saturated heterocycles. The number of hydrogen-bond donors (Lipinski definition) is 0. The quantitative estimate of drug-likeness (QED) is 0.0348. The zero-order valence-electron chi connectivity index (χ0n) is 38.3. The van der Waals surface area contributed by atoms with Crippen molar-refractivity contribution in [1.29, 1.82) is 0 Å². The third kappa shape index (κ3) is 46.0. The van der Waals surface area contributed by atoms with Crippen LogP contribution in [-0.2, 0) is 23.8 Å². The van der Waals surface area contributed by atoms with Gasteiger partial charge < -0.3 is 14.2 Å². The lowest BCUT2D eigenvalue weighted by Gasteiger charge is -2.18. The van der Waals surface area contributed by atoms with Crippen molar-refractivity contribution < 1.29 is 23.8 Å². The van der Waals surface area contributed by atoms with Crippen molar-refractivity contribution in [3.05, 3.63) is 72.9 Å². The highest BCUT2D eigenvalue weighted by atomic mass is 16.6. The Bertz CT molecular complexity index is 1050. The molecule has 0 aliphatic heterocycles. The molecule has 0 heterocycles. The molecule has 0 aromatic carbocycles. The van der Waals surface area contributed by atoms with Gasteiger partial charge in [-0.05, 0) is 89.9 Å². The first kappa shape index (κ1) is 55.3. The summed E-state index contributed by atoms with van der Waals surface area (Å²) in [5, 5.41) is 0. The second kappa shape index (κ2) is 48.7. The number of allylic oxidation sites excluding steroid dienone is 12. The largest absolute Gasteiger partial charge is 0.462 e. The monoisotopic (exact) mass is 809 g/mol. The van der Waals surface area contributed by atoms with E-state index in [1.54, 1.807) is 0 Å². The SMILES string of the molecule is CC/C=C\C/C=C\C/C=C\C/C=C\CCCCCCCCC(=O)OCC(COCCCCCCCC/C=C\C/C=C\CCCCC)OC(=O)CCCCCCCCC. The van der Waals surface area contributed by atoms with Crippen LogP contribution in [0.25, 0.3) is 0 Å². The summed E-state index contributed by atoms with van der Waals surface area (Å²) in [6.45, 7) is 7.62. The Kier molecular flexibility index (Phi) is 46.5. The van der Waals surface area contributed by atoms with Crippen molar-refractivity contribution >= 4 is 11.9 Å². The minimum atomic E-state index is -0.546. The molecule has 0 aliphatic carbocycles. The van der Waals surface area contributed by atoms with Gasteiger partial charge in [-0.2, -0.15) is 0 Å². The van der Waals surface area contributed by atoms with Crippen LogP contribution in [0, 0.1) is 0 Å². The molecule has 0 spiro atoms. The molecule has 0 radical (unpaired) electrons. The summed E-state index contributed by atoms with van der Waals surface area (Å²) in [6, 6.07) is 0. The molecule has 0 amide bonds. The molecule has 0 fully saturated rings. The van der Waals surface area contributed by atoms with Crippen LogP contribution in [0.2, 0.25) is 0 Å². The Hall–Kier alpha value is -2.66. The Labute approximate surface area is 359 Å². The van der Waals surface area contributed by atoms with Gasteiger partial charge in [0.2, 0.25) is 0 Å². The van der Waals surface area contributed by atoms with Gasteiger partial charge in [-0.25, -0.2) is 0 Å². The van der Waals surface area contributed by atoms with Crippen LogP contribution < -0.4 is 0 Å². The summed E-state index contributed by atoms with van der Waals surface area (Å²) < 4.78 is 17.3. The van der Waals surface area contributed by atoms with Gasteiger partial charge in [0.15, 0.2) is 6.10 Å². The van der Waals surface area contributed by atoms with Gasteiger partial charge in [-0.1, -0.05) is 196 Å².